The molecule has 2 fully saturated rings. The van der Waals surface area contributed by atoms with Gasteiger partial charge in [-0.3, -0.25) is 14.4 Å². The van der Waals surface area contributed by atoms with Gasteiger partial charge in [-0.25, -0.2) is 0 Å². The molecule has 1 atom stereocenters. The van der Waals surface area contributed by atoms with Crippen LogP contribution in [-0.4, -0.2) is 42.4 Å². The molecule has 1 unspecified atom stereocenters. The fourth-order valence-electron chi connectivity index (χ4n) is 3.22. The summed E-state index contributed by atoms with van der Waals surface area (Å²) in [4.78, 5) is 37.3. The topological polar surface area (TPSA) is 99.5 Å². The highest BCUT2D eigenvalue weighted by Gasteiger charge is 2.35. The Morgan fingerprint density at radius 1 is 1.28 bits per heavy atom. The Morgan fingerprint density at radius 3 is 2.59 bits per heavy atom. The number of benzene rings is 1. The Hall–Kier alpha value is -3.09. The van der Waals surface area contributed by atoms with Crippen molar-refractivity contribution in [1.29, 1.82) is 5.26 Å². The number of alkyl halides is 3. The second-order valence-corrected chi connectivity index (χ2v) is 7.07. The first kappa shape index (κ1) is 20.6. The number of likely N-dealkylation sites (tertiary alicyclic amines) is 1. The first-order chi connectivity index (χ1) is 13.7. The van der Waals surface area contributed by atoms with Crippen LogP contribution in [0.5, 0.6) is 0 Å². The van der Waals surface area contributed by atoms with Crippen LogP contribution in [0.1, 0.15) is 35.2 Å². The molecule has 0 bridgehead atoms. The number of hydrogen-bond donors (Lipinski definition) is 1. The number of nitrogens with one attached hydrogen (secondary N) is 1. The van der Waals surface area contributed by atoms with Gasteiger partial charge in [-0.15, -0.1) is 0 Å². The summed E-state index contributed by atoms with van der Waals surface area (Å²) in [5.74, 6) is -2.29. The number of ether oxygens (including phenoxy) is 1. The summed E-state index contributed by atoms with van der Waals surface area (Å²) in [5, 5.41) is 11.2. The number of carbonyl (C=O) groups is 3. The lowest BCUT2D eigenvalue weighted by molar-refractivity contribution is -0.141. The average Bonchev–Trinajstić information content (AvgIpc) is 3.03. The lowest BCUT2D eigenvalue weighted by Crippen LogP contribution is -2.49. The van der Waals surface area contributed by atoms with Gasteiger partial charge in [0.05, 0.1) is 30.1 Å². The summed E-state index contributed by atoms with van der Waals surface area (Å²) in [6.07, 6.45) is -4.02. The molecule has 1 aromatic rings. The Balaban J connectivity index is 1.71. The van der Waals surface area contributed by atoms with Crippen LogP contribution in [0.25, 0.3) is 0 Å². The van der Waals surface area contributed by atoms with Crippen LogP contribution in [0.2, 0.25) is 0 Å². The molecule has 3 rings (SSSR count). The van der Waals surface area contributed by atoms with Crippen molar-refractivity contribution in [3.05, 3.63) is 29.3 Å². The standard InChI is InChI=1S/C19H18F3N3O4/c20-19(21,22)14-5-13(17(27)25-9-11(8-23)10-25)6-15(7-14)24-16(26)2-1-12-3-4-29-18(12)28/h5-7,11-12H,1-4,9-10H2,(H,24,26). The number of anilines is 1. The summed E-state index contributed by atoms with van der Waals surface area (Å²) in [6, 6.07) is 4.65. The largest absolute Gasteiger partial charge is 0.465 e. The van der Waals surface area contributed by atoms with Crippen LogP contribution in [-0.2, 0) is 20.5 Å². The quantitative estimate of drug-likeness (QED) is 0.754. The summed E-state index contributed by atoms with van der Waals surface area (Å²) in [5.41, 5.74) is -1.43. The van der Waals surface area contributed by atoms with Crippen molar-refractivity contribution in [2.75, 3.05) is 25.0 Å². The first-order valence-corrected chi connectivity index (χ1v) is 9.05. The van der Waals surface area contributed by atoms with Crippen molar-refractivity contribution in [3.63, 3.8) is 0 Å². The molecule has 154 valence electrons. The third kappa shape index (κ3) is 4.85. The number of amides is 2. The molecule has 2 amide bonds. The minimum atomic E-state index is -4.70. The van der Waals surface area contributed by atoms with Gasteiger partial charge in [-0.2, -0.15) is 18.4 Å². The van der Waals surface area contributed by atoms with Crippen molar-refractivity contribution in [1.82, 2.24) is 4.90 Å². The zero-order valence-corrected chi connectivity index (χ0v) is 15.3. The lowest BCUT2D eigenvalue weighted by Gasteiger charge is -2.35. The van der Waals surface area contributed by atoms with Gasteiger partial charge in [0.25, 0.3) is 5.91 Å². The molecule has 1 N–H and O–H groups in total. The van der Waals surface area contributed by atoms with Gasteiger partial charge >= 0.3 is 12.1 Å². The molecule has 2 aliphatic rings. The molecule has 0 saturated carbocycles. The molecular formula is C19H18F3N3O4. The second-order valence-electron chi connectivity index (χ2n) is 7.07. The van der Waals surface area contributed by atoms with Crippen molar-refractivity contribution in [3.8, 4) is 6.07 Å². The van der Waals surface area contributed by atoms with Crippen LogP contribution < -0.4 is 5.32 Å². The Morgan fingerprint density at radius 2 is 2.00 bits per heavy atom. The van der Waals surface area contributed by atoms with Crippen LogP contribution in [0.15, 0.2) is 18.2 Å². The van der Waals surface area contributed by atoms with E-state index in [-0.39, 0.29) is 55.0 Å². The lowest BCUT2D eigenvalue weighted by atomic mass is 9.99. The molecule has 29 heavy (non-hydrogen) atoms. The van der Waals surface area contributed by atoms with E-state index < -0.39 is 23.6 Å². The summed E-state index contributed by atoms with van der Waals surface area (Å²) >= 11 is 0. The fourth-order valence-corrected chi connectivity index (χ4v) is 3.22. The van der Waals surface area contributed by atoms with Gasteiger partial charge in [0, 0.05) is 30.8 Å². The fraction of sp³-hybridized carbons (Fsp3) is 0.474. The van der Waals surface area contributed by atoms with E-state index in [1.807, 2.05) is 6.07 Å². The van der Waals surface area contributed by atoms with Gasteiger partial charge in [-0.05, 0) is 31.0 Å². The van der Waals surface area contributed by atoms with E-state index in [1.54, 1.807) is 0 Å². The van der Waals surface area contributed by atoms with Crippen LogP contribution >= 0.6 is 0 Å². The number of esters is 1. The zero-order chi connectivity index (χ0) is 21.2. The third-order valence-corrected chi connectivity index (χ3v) is 4.91. The smallest absolute Gasteiger partial charge is 0.416 e. The van der Waals surface area contributed by atoms with Crippen LogP contribution in [0.4, 0.5) is 18.9 Å². The van der Waals surface area contributed by atoms with Gasteiger partial charge in [-0.1, -0.05) is 0 Å². The number of nitrogens with zero attached hydrogens (tertiary/aromatic N) is 2. The number of hydrogen-bond acceptors (Lipinski definition) is 5. The monoisotopic (exact) mass is 409 g/mol. The minimum Gasteiger partial charge on any atom is -0.465 e. The number of rotatable bonds is 5. The summed E-state index contributed by atoms with van der Waals surface area (Å²) in [6.45, 7) is 0.614. The number of carbonyl (C=O) groups excluding carboxylic acids is 3. The number of halogens is 3. The van der Waals surface area contributed by atoms with Crippen molar-refractivity contribution in [2.45, 2.75) is 25.4 Å². The van der Waals surface area contributed by atoms with Crippen molar-refractivity contribution in [2.24, 2.45) is 11.8 Å². The maximum Gasteiger partial charge on any atom is 0.416 e. The van der Waals surface area contributed by atoms with Crippen molar-refractivity contribution >= 4 is 23.5 Å². The predicted molar refractivity (Wildman–Crippen MR) is 93.4 cm³/mol. The van der Waals surface area contributed by atoms with Crippen molar-refractivity contribution < 1.29 is 32.3 Å². The van der Waals surface area contributed by atoms with E-state index >= 15 is 0 Å². The van der Waals surface area contributed by atoms with E-state index in [0.29, 0.717) is 13.0 Å². The highest BCUT2D eigenvalue weighted by atomic mass is 19.4. The van der Waals surface area contributed by atoms with E-state index in [1.165, 1.54) is 11.0 Å². The van der Waals surface area contributed by atoms with Crippen LogP contribution in [0, 0.1) is 23.2 Å². The van der Waals surface area contributed by atoms with E-state index in [9.17, 15) is 27.6 Å². The van der Waals surface area contributed by atoms with Gasteiger partial charge in [0.2, 0.25) is 5.91 Å². The normalized spacial score (nSPS) is 19.3. The maximum absolute atomic E-state index is 13.2. The summed E-state index contributed by atoms with van der Waals surface area (Å²) in [7, 11) is 0. The molecule has 0 aromatic heterocycles. The van der Waals surface area contributed by atoms with E-state index in [2.05, 4.69) is 5.32 Å². The van der Waals surface area contributed by atoms with Gasteiger partial charge in [0.15, 0.2) is 0 Å². The molecule has 7 nitrogen and oxygen atoms in total. The molecule has 10 heteroatoms. The Labute approximate surface area is 164 Å². The highest BCUT2D eigenvalue weighted by molar-refractivity contribution is 5.98. The zero-order valence-electron chi connectivity index (χ0n) is 15.3. The Kier molecular flexibility index (Phi) is 5.77. The first-order valence-electron chi connectivity index (χ1n) is 9.05. The predicted octanol–water partition coefficient (Wildman–Crippen LogP) is 2.58. The Bertz CT molecular complexity index is 872. The third-order valence-electron chi connectivity index (χ3n) is 4.91. The number of nitriles is 1. The minimum absolute atomic E-state index is 0.0603. The summed E-state index contributed by atoms with van der Waals surface area (Å²) < 4.78 is 44.5. The second kappa shape index (κ2) is 8.11. The number of cyclic esters (lactones) is 1. The molecule has 2 aliphatic heterocycles. The average molecular weight is 409 g/mol. The highest BCUT2D eigenvalue weighted by Crippen LogP contribution is 2.33. The SMILES string of the molecule is N#CC1CN(C(=O)c2cc(NC(=O)CCC3CCOC3=O)cc(C(F)(F)F)c2)C1. The molecule has 2 heterocycles. The van der Waals surface area contributed by atoms with Crippen LogP contribution in [0.3, 0.4) is 0 Å². The molecule has 0 spiro atoms. The molecule has 0 aliphatic carbocycles. The molecular weight excluding hydrogens is 391 g/mol. The van der Waals surface area contributed by atoms with E-state index in [4.69, 9.17) is 10.00 Å². The van der Waals surface area contributed by atoms with Gasteiger partial charge < -0.3 is 15.0 Å². The molecule has 2 saturated heterocycles. The maximum atomic E-state index is 13.2. The van der Waals surface area contributed by atoms with Gasteiger partial charge in [0.1, 0.15) is 0 Å². The van der Waals surface area contributed by atoms with E-state index in [0.717, 1.165) is 12.1 Å². The molecule has 0 radical (unpaired) electrons. The molecule has 1 aromatic carbocycles.